The number of aromatic nitrogens is 3. The Kier molecular flexibility index (Phi) is 4.80. The van der Waals surface area contributed by atoms with Gasteiger partial charge in [0.2, 0.25) is 0 Å². The number of hydrogen-bond acceptors (Lipinski definition) is 4. The summed E-state index contributed by atoms with van der Waals surface area (Å²) in [5.74, 6) is -0.166. The summed E-state index contributed by atoms with van der Waals surface area (Å²) in [6.45, 7) is 5.39. The van der Waals surface area contributed by atoms with Crippen LogP contribution in [0.3, 0.4) is 0 Å². The molecule has 3 rings (SSSR count). The Morgan fingerprint density at radius 2 is 2.00 bits per heavy atom. The normalized spacial score (nSPS) is 17.3. The van der Waals surface area contributed by atoms with E-state index >= 15 is 0 Å². The number of aryl methyl sites for hydroxylation is 1. The molecule has 26 heavy (non-hydrogen) atoms. The van der Waals surface area contributed by atoms with Gasteiger partial charge in [-0.15, -0.1) is 0 Å². The summed E-state index contributed by atoms with van der Waals surface area (Å²) < 4.78 is 21.0. The average Bonchev–Trinajstić information content (AvgIpc) is 2.89. The molecular formula is C19H22FN3O3. The molecule has 0 aliphatic carbocycles. The van der Waals surface area contributed by atoms with Crippen molar-refractivity contribution >= 4 is 18.2 Å². The first kappa shape index (κ1) is 18.1. The molecule has 1 aromatic carbocycles. The predicted molar refractivity (Wildman–Crippen MR) is 95.9 cm³/mol. The number of hydrogen-bond donors (Lipinski definition) is 0. The highest BCUT2D eigenvalue weighted by Gasteiger charge is 2.33. The maximum atomic E-state index is 13.0. The molecular weight excluding hydrogens is 337 g/mol. The van der Waals surface area contributed by atoms with Crippen molar-refractivity contribution in [3.8, 4) is 0 Å². The predicted octanol–water partition coefficient (Wildman–Crippen LogP) is 3.03. The van der Waals surface area contributed by atoms with E-state index in [0.29, 0.717) is 18.7 Å². The number of carbonyl (C=O) groups excluding carboxylic acids is 1. The van der Waals surface area contributed by atoms with Gasteiger partial charge < -0.3 is 4.74 Å². The van der Waals surface area contributed by atoms with Crippen LogP contribution in [0.15, 0.2) is 29.1 Å². The number of carbonyl (C=O) groups is 1. The van der Waals surface area contributed by atoms with Crippen LogP contribution in [0.2, 0.25) is 0 Å². The van der Waals surface area contributed by atoms with Crippen LogP contribution in [0, 0.1) is 5.82 Å². The van der Waals surface area contributed by atoms with Crippen LogP contribution in [-0.2, 0) is 16.0 Å². The van der Waals surface area contributed by atoms with Gasteiger partial charge in [0.05, 0.1) is 0 Å². The first-order valence-electron chi connectivity index (χ1n) is 8.61. The zero-order valence-corrected chi connectivity index (χ0v) is 15.1. The van der Waals surface area contributed by atoms with Gasteiger partial charge in [-0.25, -0.2) is 14.0 Å². The molecule has 0 saturated carbocycles. The van der Waals surface area contributed by atoms with Crippen molar-refractivity contribution in [3.63, 3.8) is 0 Å². The molecule has 0 radical (unpaired) electrons. The fourth-order valence-corrected chi connectivity index (χ4v) is 2.92. The van der Waals surface area contributed by atoms with Gasteiger partial charge >= 0.3 is 11.7 Å². The van der Waals surface area contributed by atoms with Gasteiger partial charge in [0, 0.05) is 12.6 Å². The zero-order chi connectivity index (χ0) is 18.9. The molecule has 0 bridgehead atoms. The van der Waals surface area contributed by atoms with Crippen LogP contribution >= 0.6 is 0 Å². The molecule has 0 N–H and O–H groups in total. The van der Waals surface area contributed by atoms with Gasteiger partial charge in [0.1, 0.15) is 23.3 Å². The van der Waals surface area contributed by atoms with Gasteiger partial charge in [-0.05, 0) is 57.4 Å². The largest absolute Gasteiger partial charge is 0.458 e. The molecule has 0 spiro atoms. The second-order valence-electron chi connectivity index (χ2n) is 7.32. The molecule has 6 nitrogen and oxygen atoms in total. The first-order valence-corrected chi connectivity index (χ1v) is 8.61. The Balaban J connectivity index is 1.89. The van der Waals surface area contributed by atoms with Crippen molar-refractivity contribution in [1.82, 2.24) is 14.3 Å². The summed E-state index contributed by atoms with van der Waals surface area (Å²) in [7, 11) is 0. The molecule has 0 amide bonds. The second-order valence-corrected chi connectivity index (χ2v) is 7.32. The van der Waals surface area contributed by atoms with Crippen LogP contribution < -0.4 is 5.69 Å². The van der Waals surface area contributed by atoms with E-state index in [4.69, 9.17) is 4.74 Å². The van der Waals surface area contributed by atoms with E-state index in [1.807, 2.05) is 0 Å². The highest BCUT2D eigenvalue weighted by Crippen LogP contribution is 2.25. The second kappa shape index (κ2) is 6.90. The summed E-state index contributed by atoms with van der Waals surface area (Å²) in [4.78, 5) is 25.2. The highest BCUT2D eigenvalue weighted by atomic mass is 19.1. The first-order chi connectivity index (χ1) is 12.2. The third-order valence-corrected chi connectivity index (χ3v) is 4.05. The monoisotopic (exact) mass is 359 g/mol. The van der Waals surface area contributed by atoms with Crippen molar-refractivity contribution in [2.45, 2.75) is 51.7 Å². The SMILES string of the molecule is CC(C)(C)OC(=O)[C@@H]1CCCc2nn(/C=C/c3ccc(F)cc3)c(=O)n21. The Morgan fingerprint density at radius 1 is 1.31 bits per heavy atom. The van der Waals surface area contributed by atoms with Crippen LogP contribution in [0.4, 0.5) is 4.39 Å². The summed E-state index contributed by atoms with van der Waals surface area (Å²) in [5.41, 5.74) is -0.251. The number of benzene rings is 1. The van der Waals surface area contributed by atoms with Crippen molar-refractivity contribution < 1.29 is 13.9 Å². The third-order valence-electron chi connectivity index (χ3n) is 4.05. The Hall–Kier alpha value is -2.70. The van der Waals surface area contributed by atoms with Crippen molar-refractivity contribution in [2.24, 2.45) is 0 Å². The Bertz CT molecular complexity index is 888. The smallest absolute Gasteiger partial charge is 0.350 e. The number of fused-ring (bicyclic) bond motifs is 1. The van der Waals surface area contributed by atoms with E-state index in [0.717, 1.165) is 12.0 Å². The molecule has 0 unspecified atom stereocenters. The molecule has 0 fully saturated rings. The molecule has 1 aliphatic rings. The van der Waals surface area contributed by atoms with E-state index < -0.39 is 17.6 Å². The number of esters is 1. The van der Waals surface area contributed by atoms with Crippen LogP contribution in [-0.4, -0.2) is 25.9 Å². The third kappa shape index (κ3) is 3.92. The van der Waals surface area contributed by atoms with E-state index in [1.165, 1.54) is 27.6 Å². The number of rotatable bonds is 3. The molecule has 7 heteroatoms. The lowest BCUT2D eigenvalue weighted by molar-refractivity contribution is -0.159. The van der Waals surface area contributed by atoms with Crippen molar-refractivity contribution in [3.05, 3.63) is 52.0 Å². The average molecular weight is 359 g/mol. The minimum atomic E-state index is -0.654. The zero-order valence-electron chi connectivity index (χ0n) is 15.1. The van der Waals surface area contributed by atoms with Crippen LogP contribution in [0.25, 0.3) is 12.3 Å². The lowest BCUT2D eigenvalue weighted by Crippen LogP contribution is -2.37. The minimum absolute atomic E-state index is 0.322. The minimum Gasteiger partial charge on any atom is -0.458 e. The standard InChI is InChI=1S/C19H22FN3O3/c1-19(2,3)26-17(24)15-5-4-6-16-21-22(18(25)23(15)16)12-11-13-7-9-14(20)10-8-13/h7-12,15H,4-6H2,1-3H3/b12-11+/t15-/m0/s1. The van der Waals surface area contributed by atoms with Crippen molar-refractivity contribution in [1.29, 1.82) is 0 Å². The van der Waals surface area contributed by atoms with Gasteiger partial charge in [-0.1, -0.05) is 12.1 Å². The summed E-state index contributed by atoms with van der Waals surface area (Å²) in [5, 5.41) is 4.31. The Morgan fingerprint density at radius 3 is 2.65 bits per heavy atom. The van der Waals surface area contributed by atoms with E-state index in [-0.39, 0.29) is 11.5 Å². The molecule has 2 aromatic rings. The lowest BCUT2D eigenvalue weighted by Gasteiger charge is -2.26. The fraction of sp³-hybridized carbons (Fsp3) is 0.421. The van der Waals surface area contributed by atoms with Gasteiger partial charge in [-0.3, -0.25) is 4.57 Å². The van der Waals surface area contributed by atoms with Gasteiger partial charge in [0.25, 0.3) is 0 Å². The summed E-state index contributed by atoms with van der Waals surface area (Å²) in [6.07, 6.45) is 5.14. The quantitative estimate of drug-likeness (QED) is 0.790. The maximum absolute atomic E-state index is 13.0. The molecule has 1 aromatic heterocycles. The van der Waals surface area contributed by atoms with E-state index in [2.05, 4.69) is 5.10 Å². The van der Waals surface area contributed by atoms with Gasteiger partial charge in [0.15, 0.2) is 0 Å². The number of nitrogens with zero attached hydrogens (tertiary/aromatic N) is 3. The topological polar surface area (TPSA) is 66.1 Å². The number of ether oxygens (including phenoxy) is 1. The van der Waals surface area contributed by atoms with Gasteiger partial charge in [-0.2, -0.15) is 9.78 Å². The van der Waals surface area contributed by atoms with Crippen LogP contribution in [0.5, 0.6) is 0 Å². The summed E-state index contributed by atoms with van der Waals surface area (Å²) >= 11 is 0. The molecule has 0 saturated heterocycles. The molecule has 2 heterocycles. The molecule has 1 atom stereocenters. The maximum Gasteiger partial charge on any atom is 0.350 e. The number of halogens is 1. The molecule has 138 valence electrons. The highest BCUT2D eigenvalue weighted by molar-refractivity contribution is 5.75. The lowest BCUT2D eigenvalue weighted by atomic mass is 10.0. The Labute approximate surface area is 150 Å². The fourth-order valence-electron chi connectivity index (χ4n) is 2.92. The van der Waals surface area contributed by atoms with E-state index in [1.54, 1.807) is 39.0 Å². The molecule has 1 aliphatic heterocycles. The van der Waals surface area contributed by atoms with E-state index in [9.17, 15) is 14.0 Å². The summed E-state index contributed by atoms with van der Waals surface area (Å²) in [6, 6.07) is 5.25. The van der Waals surface area contributed by atoms with Crippen molar-refractivity contribution in [2.75, 3.05) is 0 Å². The van der Waals surface area contributed by atoms with Crippen LogP contribution in [0.1, 0.15) is 51.0 Å².